The molecule has 0 unspecified atom stereocenters. The summed E-state index contributed by atoms with van der Waals surface area (Å²) >= 11 is 2.62. The number of thioether (sulfide) groups is 2. The number of hydrogen-bond donors (Lipinski definition) is 0. The Labute approximate surface area is 195 Å². The summed E-state index contributed by atoms with van der Waals surface area (Å²) < 4.78 is 9.87. The van der Waals surface area contributed by atoms with Gasteiger partial charge in [-0.2, -0.15) is 0 Å². The maximum Gasteiger partial charge on any atom is 0.333 e. The number of ether oxygens (including phenoxy) is 2. The zero-order chi connectivity index (χ0) is 23.1. The van der Waals surface area contributed by atoms with Gasteiger partial charge >= 0.3 is 11.9 Å². The normalized spacial score (nSPS) is 18.7. The van der Waals surface area contributed by atoms with Crippen LogP contribution in [0.3, 0.4) is 0 Å². The molecule has 0 atom stereocenters. The Kier molecular flexibility index (Phi) is 8.40. The average Bonchev–Trinajstić information content (AvgIpc) is 3.27. The Hall–Kier alpha value is -2.72. The van der Waals surface area contributed by atoms with E-state index in [0.717, 1.165) is 11.1 Å². The monoisotopic (exact) mass is 476 g/mol. The summed E-state index contributed by atoms with van der Waals surface area (Å²) in [5, 5.41) is 1.15. The van der Waals surface area contributed by atoms with Crippen molar-refractivity contribution in [2.45, 2.75) is 26.9 Å². The van der Waals surface area contributed by atoms with Crippen molar-refractivity contribution in [2.24, 2.45) is 0 Å². The molecule has 0 saturated carbocycles. The highest BCUT2D eigenvalue weighted by Gasteiger charge is 2.29. The third-order valence-electron chi connectivity index (χ3n) is 4.58. The molecule has 1 aromatic rings. The highest BCUT2D eigenvalue weighted by Crippen LogP contribution is 2.32. The molecule has 32 heavy (non-hydrogen) atoms. The van der Waals surface area contributed by atoms with E-state index < -0.39 is 11.9 Å². The summed E-state index contributed by atoms with van der Waals surface area (Å²) in [6, 6.07) is 7.54. The zero-order valence-corrected chi connectivity index (χ0v) is 19.5. The zero-order valence-electron chi connectivity index (χ0n) is 17.9. The lowest BCUT2D eigenvalue weighted by Crippen LogP contribution is -2.25. The maximum absolute atomic E-state index is 12.3. The van der Waals surface area contributed by atoms with Gasteiger partial charge in [-0.1, -0.05) is 47.8 Å². The fourth-order valence-electron chi connectivity index (χ4n) is 3.08. The number of benzene rings is 1. The highest BCUT2D eigenvalue weighted by atomic mass is 32.2. The van der Waals surface area contributed by atoms with Crippen LogP contribution in [0.2, 0.25) is 0 Å². The van der Waals surface area contributed by atoms with Crippen LogP contribution >= 0.6 is 23.5 Å². The Balaban J connectivity index is 1.67. The summed E-state index contributed by atoms with van der Waals surface area (Å²) in [5.74, 6) is -0.498. The molecule has 2 saturated heterocycles. The van der Waals surface area contributed by atoms with E-state index in [1.165, 1.54) is 35.7 Å². The van der Waals surface area contributed by atoms with Crippen LogP contribution in [0.4, 0.5) is 0 Å². The molecule has 3 rings (SSSR count). The van der Waals surface area contributed by atoms with Gasteiger partial charge in [0.1, 0.15) is 0 Å². The third-order valence-corrected chi connectivity index (χ3v) is 6.63. The van der Waals surface area contributed by atoms with Crippen molar-refractivity contribution >= 4 is 47.3 Å². The van der Waals surface area contributed by atoms with Crippen molar-refractivity contribution in [2.75, 3.05) is 24.7 Å². The molecular weight excluding hydrogens is 452 g/mol. The molecule has 0 radical (unpaired) electrons. The van der Waals surface area contributed by atoms with E-state index in [1.807, 2.05) is 24.3 Å². The van der Waals surface area contributed by atoms with Crippen molar-refractivity contribution in [3.63, 3.8) is 0 Å². The predicted octanol–water partition coefficient (Wildman–Crippen LogP) is 2.65. The minimum atomic E-state index is -0.468. The molecule has 8 nitrogen and oxygen atoms in total. The number of esters is 2. The van der Waals surface area contributed by atoms with Crippen LogP contribution in [0.5, 0.6) is 0 Å². The van der Waals surface area contributed by atoms with Crippen molar-refractivity contribution in [3.8, 4) is 0 Å². The van der Waals surface area contributed by atoms with Crippen LogP contribution in [0, 0.1) is 0 Å². The molecule has 2 amide bonds. The van der Waals surface area contributed by atoms with Crippen LogP contribution in [-0.4, -0.2) is 58.3 Å². The van der Waals surface area contributed by atoms with Crippen molar-refractivity contribution in [3.05, 3.63) is 57.6 Å². The predicted molar refractivity (Wildman–Crippen MR) is 122 cm³/mol. The van der Waals surface area contributed by atoms with Gasteiger partial charge in [-0.05, 0) is 25.0 Å². The smallest absolute Gasteiger partial charge is 0.333 e. The fourth-order valence-corrected chi connectivity index (χ4v) is 4.94. The van der Waals surface area contributed by atoms with Crippen molar-refractivity contribution in [1.29, 1.82) is 0 Å². The maximum atomic E-state index is 12.3. The first kappa shape index (κ1) is 23.9. The average molecular weight is 477 g/mol. The lowest BCUT2D eigenvalue weighted by molar-refractivity contribution is -0.138. The van der Waals surface area contributed by atoms with E-state index in [9.17, 15) is 19.2 Å². The van der Waals surface area contributed by atoms with Gasteiger partial charge in [-0.15, -0.1) is 0 Å². The lowest BCUT2D eigenvalue weighted by atomic mass is 10.1. The highest BCUT2D eigenvalue weighted by molar-refractivity contribution is 8.04. The number of hydrogen-bond acceptors (Lipinski definition) is 8. The van der Waals surface area contributed by atoms with E-state index in [0.29, 0.717) is 23.1 Å². The fraction of sp³-hybridized carbons (Fsp3) is 0.364. The first-order chi connectivity index (χ1) is 15.4. The Morgan fingerprint density at radius 3 is 1.53 bits per heavy atom. The van der Waals surface area contributed by atoms with Crippen molar-refractivity contribution in [1.82, 2.24) is 9.80 Å². The summed E-state index contributed by atoms with van der Waals surface area (Å²) in [6.45, 7) is 4.68. The molecule has 170 valence electrons. The molecule has 0 bridgehead atoms. The first-order valence-corrected chi connectivity index (χ1v) is 12.1. The van der Waals surface area contributed by atoms with Crippen LogP contribution < -0.4 is 0 Å². The Morgan fingerprint density at radius 2 is 1.19 bits per heavy atom. The van der Waals surface area contributed by atoms with Gasteiger partial charge in [0.05, 0.1) is 60.0 Å². The Morgan fingerprint density at radius 1 is 0.812 bits per heavy atom. The van der Waals surface area contributed by atoms with E-state index in [-0.39, 0.29) is 36.5 Å². The molecule has 1 aromatic carbocycles. The minimum absolute atomic E-state index is 0.0666. The first-order valence-electron chi connectivity index (χ1n) is 10.1. The van der Waals surface area contributed by atoms with Crippen molar-refractivity contribution < 1.29 is 28.7 Å². The molecule has 2 aliphatic heterocycles. The van der Waals surface area contributed by atoms with Crippen LogP contribution in [-0.2, 0) is 41.7 Å². The van der Waals surface area contributed by atoms with E-state index in [4.69, 9.17) is 9.47 Å². The number of nitrogens with zero attached hydrogens (tertiary/aromatic N) is 2. The van der Waals surface area contributed by atoms with Gasteiger partial charge < -0.3 is 19.3 Å². The summed E-state index contributed by atoms with van der Waals surface area (Å²) in [6.07, 6.45) is 2.70. The van der Waals surface area contributed by atoms with Gasteiger partial charge in [-0.25, -0.2) is 9.59 Å². The molecule has 0 aliphatic carbocycles. The summed E-state index contributed by atoms with van der Waals surface area (Å²) in [5.41, 5.74) is 1.78. The molecule has 10 heteroatoms. The number of carbonyl (C=O) groups excluding carboxylic acids is 4. The molecule has 0 spiro atoms. The van der Waals surface area contributed by atoms with Gasteiger partial charge in [0.15, 0.2) is 0 Å². The molecule has 2 heterocycles. The lowest BCUT2D eigenvalue weighted by Gasteiger charge is -2.19. The Bertz CT molecular complexity index is 881. The van der Waals surface area contributed by atoms with Crippen LogP contribution in [0.1, 0.15) is 25.0 Å². The number of carbonyl (C=O) groups is 4. The second-order valence-electron chi connectivity index (χ2n) is 6.82. The molecule has 2 fully saturated rings. The second-order valence-corrected chi connectivity index (χ2v) is 8.81. The van der Waals surface area contributed by atoms with Gasteiger partial charge in [0, 0.05) is 0 Å². The van der Waals surface area contributed by atoms with Crippen LogP contribution in [0.15, 0.2) is 46.5 Å². The number of amides is 2. The molecule has 0 aromatic heterocycles. The van der Waals surface area contributed by atoms with Crippen LogP contribution in [0.25, 0.3) is 0 Å². The van der Waals surface area contributed by atoms with E-state index in [1.54, 1.807) is 23.6 Å². The minimum Gasteiger partial charge on any atom is -0.463 e. The number of rotatable bonds is 8. The van der Waals surface area contributed by atoms with Gasteiger partial charge in [0.25, 0.3) is 0 Å². The van der Waals surface area contributed by atoms with E-state index in [2.05, 4.69) is 0 Å². The topological polar surface area (TPSA) is 93.2 Å². The summed E-state index contributed by atoms with van der Waals surface area (Å²) in [4.78, 5) is 51.1. The quantitative estimate of drug-likeness (QED) is 0.418. The second kappa shape index (κ2) is 11.2. The molecule has 2 aliphatic rings. The van der Waals surface area contributed by atoms with Gasteiger partial charge in [0.2, 0.25) is 11.8 Å². The third kappa shape index (κ3) is 6.17. The molecular formula is C22H24N2O6S2. The standard InChI is InChI=1S/C22H24N2O6S2/c1-3-29-21(27)9-19-23(17(25)13-31-19)11-15-5-7-16(8-6-15)12-24-18(26)14-32-20(24)10-22(28)30-4-2/h5-10H,3-4,11-14H2,1-2H3. The van der Waals surface area contributed by atoms with E-state index >= 15 is 0 Å². The molecule has 0 N–H and O–H groups in total. The largest absolute Gasteiger partial charge is 0.463 e. The van der Waals surface area contributed by atoms with Gasteiger partial charge in [-0.3, -0.25) is 9.59 Å². The SMILES string of the molecule is CCOC(=O)C=C1SCC(=O)N1Cc1ccc(CN2C(=O)CSC2=CC(=O)OCC)cc1. The summed E-state index contributed by atoms with van der Waals surface area (Å²) in [7, 11) is 0.